The average Bonchev–Trinajstić information content (AvgIpc) is 3.29. The monoisotopic (exact) mass is 825 g/mol. The lowest BCUT2D eigenvalue weighted by Crippen LogP contribution is -2.30. The van der Waals surface area contributed by atoms with E-state index in [9.17, 15) is 57.1 Å². The molecule has 4 rings (SSSR count). The molecule has 0 aliphatic carbocycles. The fourth-order valence-electron chi connectivity index (χ4n) is 4.99. The van der Waals surface area contributed by atoms with Crippen molar-refractivity contribution in [2.75, 3.05) is 22.3 Å². The smallest absolute Gasteiger partial charge is 0.408 e. The molecule has 0 unspecified atom stereocenters. The lowest BCUT2D eigenvalue weighted by Gasteiger charge is -2.21. The minimum absolute atomic E-state index is 0.0744. The number of fused-ring (bicyclic) bond motifs is 1. The Morgan fingerprint density at radius 3 is 2.13 bits per heavy atom. The Bertz CT molecular complexity index is 2500. The van der Waals surface area contributed by atoms with Crippen molar-refractivity contribution in [2.45, 2.75) is 43.8 Å². The summed E-state index contributed by atoms with van der Waals surface area (Å²) in [6.45, 7) is 0.800. The maximum absolute atomic E-state index is 14.2. The van der Waals surface area contributed by atoms with Crippen molar-refractivity contribution >= 4 is 64.1 Å². The van der Waals surface area contributed by atoms with Crippen LogP contribution in [0.1, 0.15) is 36.8 Å². The molecule has 0 bridgehead atoms. The van der Waals surface area contributed by atoms with Gasteiger partial charge in [-0.3, -0.25) is 9.40 Å². The summed E-state index contributed by atoms with van der Waals surface area (Å²) in [6.07, 6.45) is -5.55. The summed E-state index contributed by atoms with van der Waals surface area (Å²) in [6, 6.07) is 5.73. The number of sulfone groups is 2. The van der Waals surface area contributed by atoms with E-state index in [1.807, 2.05) is 4.72 Å². The third-order valence-electron chi connectivity index (χ3n) is 7.42. The molecule has 286 valence electrons. The van der Waals surface area contributed by atoms with Gasteiger partial charge in [-0.15, -0.1) is 0 Å². The SMILES string of the molecule is CC(C)(C#Cc1ccc(-c2ccc(Cl)c3c(NS(=O)(=O)CS(C)(=O)=O)nn(CC(F)(F)F)c23)c([C@H](Cc2cc(F)cc(F)c2)NC(=O)O)n1)S(C)(=O)=O. The van der Waals surface area contributed by atoms with Gasteiger partial charge in [-0.1, -0.05) is 23.6 Å². The fourth-order valence-corrected chi connectivity index (χ4v) is 8.39. The topological polar surface area (TPSA) is 194 Å². The van der Waals surface area contributed by atoms with E-state index >= 15 is 0 Å². The van der Waals surface area contributed by atoms with Crippen molar-refractivity contribution in [1.29, 1.82) is 0 Å². The molecule has 0 saturated carbocycles. The molecule has 2 heterocycles. The molecule has 0 saturated heterocycles. The summed E-state index contributed by atoms with van der Waals surface area (Å²) in [4.78, 5) is 16.5. The number of halogens is 6. The maximum atomic E-state index is 14.2. The normalized spacial score (nSPS) is 13.3. The molecule has 0 aliphatic heterocycles. The molecule has 0 spiro atoms. The van der Waals surface area contributed by atoms with Crippen molar-refractivity contribution in [3.63, 3.8) is 0 Å². The summed E-state index contributed by atoms with van der Waals surface area (Å²) < 4.78 is 144. The molecule has 13 nitrogen and oxygen atoms in total. The zero-order valence-electron chi connectivity index (χ0n) is 27.9. The largest absolute Gasteiger partial charge is 0.465 e. The number of nitrogens with zero attached hydrogens (tertiary/aromatic N) is 3. The number of benzene rings is 2. The number of anilines is 1. The van der Waals surface area contributed by atoms with Gasteiger partial charge in [0.15, 0.2) is 30.6 Å². The van der Waals surface area contributed by atoms with Gasteiger partial charge in [0.1, 0.15) is 28.6 Å². The summed E-state index contributed by atoms with van der Waals surface area (Å²) >= 11 is 6.39. The number of rotatable bonds is 11. The highest BCUT2D eigenvalue weighted by atomic mass is 35.5. The summed E-state index contributed by atoms with van der Waals surface area (Å²) in [5.41, 5.74) is -1.26. The molecule has 0 radical (unpaired) electrons. The molecule has 3 N–H and O–H groups in total. The molecule has 0 aliphatic rings. The first-order valence-electron chi connectivity index (χ1n) is 14.8. The summed E-state index contributed by atoms with van der Waals surface area (Å²) in [5.74, 6) is 2.36. The van der Waals surface area contributed by atoms with Crippen LogP contribution in [0.3, 0.4) is 0 Å². The van der Waals surface area contributed by atoms with E-state index in [1.54, 1.807) is 0 Å². The number of aromatic nitrogens is 3. The number of hydrogen-bond acceptors (Lipinski definition) is 9. The van der Waals surface area contributed by atoms with Crippen molar-refractivity contribution < 1.29 is 57.1 Å². The first kappa shape index (κ1) is 41.2. The Labute approximate surface area is 305 Å². The molecule has 4 aromatic rings. The van der Waals surface area contributed by atoms with E-state index in [1.165, 1.54) is 32.0 Å². The van der Waals surface area contributed by atoms with Crippen molar-refractivity contribution in [2.24, 2.45) is 0 Å². The van der Waals surface area contributed by atoms with Crippen LogP contribution in [-0.4, -0.2) is 79.7 Å². The zero-order valence-corrected chi connectivity index (χ0v) is 31.1. The number of nitrogens with one attached hydrogen (secondary N) is 2. The van der Waals surface area contributed by atoms with Gasteiger partial charge in [-0.25, -0.2) is 43.8 Å². The van der Waals surface area contributed by atoms with E-state index in [0.29, 0.717) is 17.0 Å². The predicted molar refractivity (Wildman–Crippen MR) is 186 cm³/mol. The van der Waals surface area contributed by atoms with Gasteiger partial charge in [0.25, 0.3) is 0 Å². The Morgan fingerprint density at radius 2 is 1.58 bits per heavy atom. The van der Waals surface area contributed by atoms with Crippen LogP contribution >= 0.6 is 11.6 Å². The van der Waals surface area contributed by atoms with E-state index in [4.69, 9.17) is 11.6 Å². The minimum atomic E-state index is -4.97. The van der Waals surface area contributed by atoms with E-state index in [2.05, 4.69) is 27.2 Å². The number of carbonyl (C=O) groups is 1. The van der Waals surface area contributed by atoms with Crippen LogP contribution in [0.2, 0.25) is 5.02 Å². The Kier molecular flexibility index (Phi) is 11.5. The van der Waals surface area contributed by atoms with Gasteiger partial charge in [-0.2, -0.15) is 18.3 Å². The Hall–Kier alpha value is -4.52. The molecule has 0 fully saturated rings. The van der Waals surface area contributed by atoms with Crippen LogP contribution in [0.4, 0.5) is 32.6 Å². The van der Waals surface area contributed by atoms with Gasteiger partial charge < -0.3 is 10.4 Å². The number of hydrogen-bond donors (Lipinski definition) is 3. The summed E-state index contributed by atoms with van der Waals surface area (Å²) in [7, 11) is -12.7. The lowest BCUT2D eigenvalue weighted by molar-refractivity contribution is -0.141. The molecule has 2 aromatic carbocycles. The maximum Gasteiger partial charge on any atom is 0.408 e. The van der Waals surface area contributed by atoms with E-state index in [0.717, 1.165) is 24.5 Å². The fraction of sp³-hybridized carbons (Fsp3) is 0.323. The molecule has 22 heteroatoms. The highest BCUT2D eigenvalue weighted by molar-refractivity contribution is 8.08. The average molecular weight is 826 g/mol. The second-order valence-electron chi connectivity index (χ2n) is 12.3. The van der Waals surface area contributed by atoms with Crippen LogP contribution in [0.5, 0.6) is 0 Å². The third kappa shape index (κ3) is 10.6. The van der Waals surface area contributed by atoms with Crippen LogP contribution < -0.4 is 10.0 Å². The number of sulfonamides is 1. The second kappa shape index (κ2) is 14.7. The zero-order chi connectivity index (χ0) is 39.9. The van der Waals surface area contributed by atoms with Crippen LogP contribution in [0, 0.1) is 23.5 Å². The van der Waals surface area contributed by atoms with Gasteiger partial charge >= 0.3 is 12.3 Å². The molecule has 53 heavy (non-hydrogen) atoms. The standard InChI is InChI=1S/C31H29ClF5N5O8S3/c1-30(2,52(4,47)48)10-9-20-5-6-21(26(38-20)24(39-29(43)44)13-17-11-18(33)14-19(34)12-17)22-7-8-23(32)25-27(22)42(15-31(35,36)37)40-28(25)41-53(49,50)16-51(3,45)46/h5-8,11-12,14,24,39H,13,15-16H2,1-4H3,(H,40,41)(H,43,44)/t24-/m0/s1. The number of amides is 1. The van der Waals surface area contributed by atoms with Crippen molar-refractivity contribution in [3.8, 4) is 23.0 Å². The number of carboxylic acid groups (broad SMARTS) is 1. The van der Waals surface area contributed by atoms with Gasteiger partial charge in [0.05, 0.1) is 27.7 Å². The first-order chi connectivity index (χ1) is 24.1. The predicted octanol–water partition coefficient (Wildman–Crippen LogP) is 5.06. The number of pyridine rings is 1. The number of alkyl halides is 3. The van der Waals surface area contributed by atoms with E-state index in [-0.39, 0.29) is 33.1 Å². The van der Waals surface area contributed by atoms with Crippen LogP contribution in [0.25, 0.3) is 22.0 Å². The van der Waals surface area contributed by atoms with Crippen LogP contribution in [0.15, 0.2) is 42.5 Å². The Balaban J connectivity index is 2.09. The van der Waals surface area contributed by atoms with Crippen molar-refractivity contribution in [1.82, 2.24) is 20.1 Å². The second-order valence-corrected chi connectivity index (χ2v) is 19.5. The summed E-state index contributed by atoms with van der Waals surface area (Å²) in [5, 5.41) is 13.5. The minimum Gasteiger partial charge on any atom is -0.465 e. The molecular formula is C31H29ClF5N5O8S3. The molecular weight excluding hydrogens is 797 g/mol. The van der Waals surface area contributed by atoms with Crippen LogP contribution in [-0.2, 0) is 42.7 Å². The van der Waals surface area contributed by atoms with E-state index < -0.39 is 99.2 Å². The lowest BCUT2D eigenvalue weighted by atomic mass is 9.94. The molecule has 1 amide bonds. The highest BCUT2D eigenvalue weighted by Gasteiger charge is 2.33. The Morgan fingerprint density at radius 1 is 0.981 bits per heavy atom. The van der Waals surface area contributed by atoms with Gasteiger partial charge in [0, 0.05) is 29.7 Å². The third-order valence-corrected chi connectivity index (χ3v) is 13.1. The van der Waals surface area contributed by atoms with Crippen molar-refractivity contribution in [3.05, 3.63) is 76.1 Å². The van der Waals surface area contributed by atoms with Gasteiger partial charge in [0.2, 0.25) is 10.0 Å². The van der Waals surface area contributed by atoms with Gasteiger partial charge in [-0.05, 0) is 62.1 Å². The molecule has 1 atom stereocenters. The quantitative estimate of drug-likeness (QED) is 0.136. The first-order valence-corrected chi connectivity index (χ1v) is 20.8. The highest BCUT2D eigenvalue weighted by Crippen LogP contribution is 2.41. The molecule has 2 aromatic heterocycles.